The fourth-order valence-electron chi connectivity index (χ4n) is 2.06. The molecule has 1 aliphatic heterocycles. The standard InChI is InChI=1S/C12H12ClN3O2/c1-16-12(14)7(4-15-16)11-8-5-17-6-18-10(8)3-2-9(11)13/h2-4H,5-6,14H2,1H3. The minimum atomic E-state index is 0.261. The predicted octanol–water partition coefficient (Wildman–Crippen LogP) is 2.19. The van der Waals surface area contributed by atoms with E-state index in [1.165, 1.54) is 0 Å². The summed E-state index contributed by atoms with van der Waals surface area (Å²) < 4.78 is 12.4. The topological polar surface area (TPSA) is 62.3 Å². The average Bonchev–Trinajstić information content (AvgIpc) is 2.70. The summed E-state index contributed by atoms with van der Waals surface area (Å²) in [5, 5.41) is 4.75. The summed E-state index contributed by atoms with van der Waals surface area (Å²) in [6, 6.07) is 3.64. The first-order valence-electron chi connectivity index (χ1n) is 5.48. The van der Waals surface area contributed by atoms with E-state index in [-0.39, 0.29) is 6.79 Å². The Morgan fingerprint density at radius 3 is 3.00 bits per heavy atom. The third-order valence-corrected chi connectivity index (χ3v) is 3.33. The van der Waals surface area contributed by atoms with Gasteiger partial charge in [-0.05, 0) is 12.1 Å². The first-order chi connectivity index (χ1) is 8.68. The van der Waals surface area contributed by atoms with Crippen molar-refractivity contribution in [2.45, 2.75) is 6.61 Å². The van der Waals surface area contributed by atoms with Gasteiger partial charge in [-0.1, -0.05) is 11.6 Å². The van der Waals surface area contributed by atoms with E-state index in [0.717, 1.165) is 22.4 Å². The van der Waals surface area contributed by atoms with Crippen LogP contribution >= 0.6 is 11.6 Å². The normalized spacial score (nSPS) is 14.1. The molecule has 3 rings (SSSR count). The van der Waals surface area contributed by atoms with E-state index in [0.29, 0.717) is 17.4 Å². The molecule has 18 heavy (non-hydrogen) atoms. The molecule has 1 aromatic heterocycles. The van der Waals surface area contributed by atoms with Crippen LogP contribution in [0.5, 0.6) is 5.75 Å². The molecule has 0 spiro atoms. The number of ether oxygens (including phenoxy) is 2. The highest BCUT2D eigenvalue weighted by Gasteiger charge is 2.21. The van der Waals surface area contributed by atoms with Gasteiger partial charge in [-0.25, -0.2) is 0 Å². The molecular formula is C12H12ClN3O2. The first kappa shape index (κ1) is 11.4. The number of benzene rings is 1. The monoisotopic (exact) mass is 265 g/mol. The number of hydrogen-bond donors (Lipinski definition) is 1. The number of rotatable bonds is 1. The average molecular weight is 266 g/mol. The second-order valence-corrected chi connectivity index (χ2v) is 4.48. The van der Waals surface area contributed by atoms with Crippen LogP contribution in [0.15, 0.2) is 18.3 Å². The Morgan fingerprint density at radius 2 is 2.28 bits per heavy atom. The van der Waals surface area contributed by atoms with Crippen LogP contribution in [0.1, 0.15) is 5.56 Å². The van der Waals surface area contributed by atoms with Crippen LogP contribution in [0.25, 0.3) is 11.1 Å². The van der Waals surface area contributed by atoms with Gasteiger partial charge < -0.3 is 15.2 Å². The summed E-state index contributed by atoms with van der Waals surface area (Å²) in [5.41, 5.74) is 8.54. The van der Waals surface area contributed by atoms with Crippen LogP contribution in [0, 0.1) is 0 Å². The van der Waals surface area contributed by atoms with E-state index in [2.05, 4.69) is 5.10 Å². The molecule has 2 aromatic rings. The molecule has 5 nitrogen and oxygen atoms in total. The Hall–Kier alpha value is -1.72. The number of anilines is 1. The zero-order valence-corrected chi connectivity index (χ0v) is 10.6. The summed E-state index contributed by atoms with van der Waals surface area (Å²) in [6.07, 6.45) is 1.70. The van der Waals surface area contributed by atoms with Gasteiger partial charge in [-0.15, -0.1) is 0 Å². The third kappa shape index (κ3) is 1.63. The Labute approximate surface area is 109 Å². The summed E-state index contributed by atoms with van der Waals surface area (Å²) in [7, 11) is 1.79. The quantitative estimate of drug-likeness (QED) is 0.859. The van der Waals surface area contributed by atoms with Gasteiger partial charge in [0.25, 0.3) is 0 Å². The van der Waals surface area contributed by atoms with Crippen LogP contribution in [0.2, 0.25) is 5.02 Å². The Kier molecular flexibility index (Phi) is 2.65. The zero-order valence-electron chi connectivity index (χ0n) is 9.81. The largest absolute Gasteiger partial charge is 0.467 e. The molecule has 0 bridgehead atoms. The Balaban J connectivity index is 2.25. The van der Waals surface area contributed by atoms with Crippen molar-refractivity contribution in [1.29, 1.82) is 0 Å². The van der Waals surface area contributed by atoms with Crippen molar-refractivity contribution >= 4 is 17.4 Å². The second kappa shape index (κ2) is 4.19. The van der Waals surface area contributed by atoms with E-state index < -0.39 is 0 Å². The molecule has 94 valence electrons. The zero-order chi connectivity index (χ0) is 12.7. The molecule has 0 fully saturated rings. The molecule has 6 heteroatoms. The van der Waals surface area contributed by atoms with E-state index in [9.17, 15) is 0 Å². The number of halogens is 1. The van der Waals surface area contributed by atoms with Gasteiger partial charge in [0.2, 0.25) is 0 Å². The molecule has 0 aliphatic carbocycles. The maximum absolute atomic E-state index is 6.27. The van der Waals surface area contributed by atoms with Gasteiger partial charge in [-0.2, -0.15) is 5.10 Å². The molecule has 1 aromatic carbocycles. The van der Waals surface area contributed by atoms with Crippen molar-refractivity contribution in [2.75, 3.05) is 12.5 Å². The molecule has 2 N–H and O–H groups in total. The van der Waals surface area contributed by atoms with Crippen molar-refractivity contribution in [3.63, 3.8) is 0 Å². The molecule has 0 radical (unpaired) electrons. The van der Waals surface area contributed by atoms with Gasteiger partial charge >= 0.3 is 0 Å². The lowest BCUT2D eigenvalue weighted by Crippen LogP contribution is -2.12. The van der Waals surface area contributed by atoms with Crippen LogP contribution in [0.4, 0.5) is 5.82 Å². The molecule has 0 amide bonds. The molecular weight excluding hydrogens is 254 g/mol. The van der Waals surface area contributed by atoms with Crippen molar-refractivity contribution in [3.05, 3.63) is 28.9 Å². The number of aromatic nitrogens is 2. The lowest BCUT2D eigenvalue weighted by molar-refractivity contribution is -0.0160. The highest BCUT2D eigenvalue weighted by molar-refractivity contribution is 6.33. The number of nitrogens with two attached hydrogens (primary N) is 1. The van der Waals surface area contributed by atoms with Gasteiger partial charge in [0, 0.05) is 28.8 Å². The fraction of sp³-hybridized carbons (Fsp3) is 0.250. The number of nitrogen functional groups attached to an aromatic ring is 1. The van der Waals surface area contributed by atoms with Gasteiger partial charge in [0.15, 0.2) is 6.79 Å². The van der Waals surface area contributed by atoms with Crippen molar-refractivity contribution in [1.82, 2.24) is 9.78 Å². The molecule has 0 saturated heterocycles. The molecule has 0 saturated carbocycles. The van der Waals surface area contributed by atoms with Crippen molar-refractivity contribution in [3.8, 4) is 16.9 Å². The fourth-order valence-corrected chi connectivity index (χ4v) is 2.34. The lowest BCUT2D eigenvalue weighted by atomic mass is 10.0. The number of hydrogen-bond acceptors (Lipinski definition) is 4. The summed E-state index contributed by atoms with van der Waals surface area (Å²) >= 11 is 6.27. The SMILES string of the molecule is Cn1ncc(-c2c(Cl)ccc3c2COCO3)c1N. The maximum Gasteiger partial charge on any atom is 0.189 e. The Bertz CT molecular complexity index is 610. The summed E-state index contributed by atoms with van der Waals surface area (Å²) in [5.74, 6) is 1.35. The van der Waals surface area contributed by atoms with Gasteiger partial charge in [-0.3, -0.25) is 4.68 Å². The molecule has 0 atom stereocenters. The number of fused-ring (bicyclic) bond motifs is 1. The molecule has 2 heterocycles. The van der Waals surface area contributed by atoms with E-state index in [4.69, 9.17) is 26.8 Å². The predicted molar refractivity (Wildman–Crippen MR) is 68.4 cm³/mol. The third-order valence-electron chi connectivity index (χ3n) is 3.02. The summed E-state index contributed by atoms with van der Waals surface area (Å²) in [4.78, 5) is 0. The van der Waals surface area contributed by atoms with Gasteiger partial charge in [0.1, 0.15) is 11.6 Å². The highest BCUT2D eigenvalue weighted by Crippen LogP contribution is 2.40. The van der Waals surface area contributed by atoms with Crippen LogP contribution < -0.4 is 10.5 Å². The van der Waals surface area contributed by atoms with E-state index in [1.807, 2.05) is 6.07 Å². The molecule has 0 unspecified atom stereocenters. The van der Waals surface area contributed by atoms with Crippen LogP contribution in [-0.2, 0) is 18.4 Å². The van der Waals surface area contributed by atoms with Crippen molar-refractivity contribution < 1.29 is 9.47 Å². The molecule has 1 aliphatic rings. The first-order valence-corrected chi connectivity index (χ1v) is 5.86. The lowest BCUT2D eigenvalue weighted by Gasteiger charge is -2.21. The second-order valence-electron chi connectivity index (χ2n) is 4.08. The number of nitrogens with zero attached hydrogens (tertiary/aromatic N) is 2. The maximum atomic E-state index is 6.27. The summed E-state index contributed by atoms with van der Waals surface area (Å²) in [6.45, 7) is 0.718. The van der Waals surface area contributed by atoms with Gasteiger partial charge in [0.05, 0.1) is 12.8 Å². The van der Waals surface area contributed by atoms with E-state index in [1.54, 1.807) is 24.0 Å². The number of aryl methyl sites for hydroxylation is 1. The van der Waals surface area contributed by atoms with Crippen molar-refractivity contribution in [2.24, 2.45) is 7.05 Å². The van der Waals surface area contributed by atoms with E-state index >= 15 is 0 Å². The minimum absolute atomic E-state index is 0.261. The van der Waals surface area contributed by atoms with Crippen LogP contribution in [-0.4, -0.2) is 16.6 Å². The van der Waals surface area contributed by atoms with Crippen LogP contribution in [0.3, 0.4) is 0 Å². The smallest absolute Gasteiger partial charge is 0.189 e. The minimum Gasteiger partial charge on any atom is -0.467 e. The Morgan fingerprint density at radius 1 is 1.44 bits per heavy atom. The highest BCUT2D eigenvalue weighted by atomic mass is 35.5.